The summed E-state index contributed by atoms with van der Waals surface area (Å²) < 4.78 is 39.2. The zero-order valence-corrected chi connectivity index (χ0v) is 22.1. The van der Waals surface area contributed by atoms with Crippen LogP contribution in [0, 0.1) is 17.6 Å². The Kier molecular flexibility index (Phi) is 7.62. The van der Waals surface area contributed by atoms with Crippen molar-refractivity contribution in [1.29, 1.82) is 0 Å². The molecule has 0 spiro atoms. The van der Waals surface area contributed by atoms with Crippen molar-refractivity contribution in [3.8, 4) is 0 Å². The Morgan fingerprint density at radius 3 is 2.72 bits per heavy atom. The van der Waals surface area contributed by atoms with E-state index in [-0.39, 0.29) is 35.4 Å². The summed E-state index contributed by atoms with van der Waals surface area (Å²) in [6, 6.07) is 1.37. The van der Waals surface area contributed by atoms with E-state index in [1.807, 2.05) is 4.90 Å². The average Bonchev–Trinajstić information content (AvgIpc) is 3.65. The van der Waals surface area contributed by atoms with Crippen molar-refractivity contribution in [3.05, 3.63) is 74.2 Å². The van der Waals surface area contributed by atoms with Gasteiger partial charge < -0.3 is 24.5 Å². The number of aliphatic imine (C=N–C) groups is 1. The summed E-state index contributed by atoms with van der Waals surface area (Å²) in [6.07, 6.45) is 3.74. The first-order valence-electron chi connectivity index (χ1n) is 12.0. The number of rotatable bonds is 7. The van der Waals surface area contributed by atoms with Gasteiger partial charge in [-0.1, -0.05) is 17.7 Å². The lowest BCUT2D eigenvalue weighted by Crippen LogP contribution is -2.41. The summed E-state index contributed by atoms with van der Waals surface area (Å²) in [5, 5.41) is 14.2. The average molecular weight is 578 g/mol. The third-order valence-electron chi connectivity index (χ3n) is 6.45. The number of nitrogens with zero attached hydrogens (tertiary/aromatic N) is 4. The number of piperidine rings is 1. The smallest absolute Gasteiger partial charge is 0.357 e. The van der Waals surface area contributed by atoms with Crippen LogP contribution in [-0.4, -0.2) is 52.5 Å². The second-order valence-electron chi connectivity index (χ2n) is 8.74. The summed E-state index contributed by atoms with van der Waals surface area (Å²) >= 11 is 7.56. The number of halogens is 3. The van der Waals surface area contributed by atoms with Crippen molar-refractivity contribution < 1.29 is 32.6 Å². The minimum atomic E-state index is -1.23. The van der Waals surface area contributed by atoms with Crippen molar-refractivity contribution in [3.63, 3.8) is 0 Å². The third-order valence-corrected chi connectivity index (χ3v) is 7.61. The van der Waals surface area contributed by atoms with Crippen molar-refractivity contribution in [2.75, 3.05) is 24.6 Å². The van der Waals surface area contributed by atoms with Gasteiger partial charge in [-0.05, 0) is 25.8 Å². The molecule has 1 aromatic carbocycles. The minimum absolute atomic E-state index is 0.0887. The molecule has 0 bridgehead atoms. The zero-order chi connectivity index (χ0) is 27.7. The fourth-order valence-corrected chi connectivity index (χ4v) is 5.46. The molecule has 1 unspecified atom stereocenters. The third kappa shape index (κ3) is 5.23. The molecule has 2 aliphatic rings. The number of ether oxygens (including phenoxy) is 1. The van der Waals surface area contributed by atoms with Crippen LogP contribution in [0.1, 0.15) is 46.9 Å². The summed E-state index contributed by atoms with van der Waals surface area (Å²) in [7, 11) is 0. The summed E-state index contributed by atoms with van der Waals surface area (Å²) in [4.78, 5) is 39.3. The van der Waals surface area contributed by atoms with E-state index >= 15 is 0 Å². The van der Waals surface area contributed by atoms with E-state index in [4.69, 9.17) is 25.9 Å². The maximum atomic E-state index is 14.5. The van der Waals surface area contributed by atoms with Crippen LogP contribution in [-0.2, 0) is 9.53 Å². The number of anilines is 1. The molecule has 3 aromatic rings. The lowest BCUT2D eigenvalue weighted by molar-refractivity contribution is -0.139. The van der Waals surface area contributed by atoms with Crippen LogP contribution in [0.4, 0.5) is 14.8 Å². The summed E-state index contributed by atoms with van der Waals surface area (Å²) in [5.74, 6) is -4.04. The molecular weight excluding hydrogens is 556 g/mol. The second-order valence-corrected chi connectivity index (χ2v) is 10.0. The van der Waals surface area contributed by atoms with Gasteiger partial charge >= 0.3 is 11.9 Å². The summed E-state index contributed by atoms with van der Waals surface area (Å²) in [5.41, 5.74) is 0.597. The molecule has 0 radical (unpaired) electrons. The van der Waals surface area contributed by atoms with Crippen LogP contribution in [0.2, 0.25) is 5.02 Å². The first kappa shape index (κ1) is 26.8. The van der Waals surface area contributed by atoms with E-state index in [1.165, 1.54) is 17.4 Å². The largest absolute Gasteiger partial charge is 0.476 e. The molecule has 14 heteroatoms. The van der Waals surface area contributed by atoms with Gasteiger partial charge in [0, 0.05) is 41.8 Å². The SMILES string of the molecule is CCOC(=O)C1=C(C2CCN(c3nc(C(=O)O)co3)CC2)NC(c2nccs2)=NC1c1ccc(F)c(F)c1Cl. The van der Waals surface area contributed by atoms with Gasteiger partial charge in [0.25, 0.3) is 6.01 Å². The zero-order valence-electron chi connectivity index (χ0n) is 20.5. The lowest BCUT2D eigenvalue weighted by atomic mass is 9.85. The first-order chi connectivity index (χ1) is 18.8. The van der Waals surface area contributed by atoms with Gasteiger partial charge in [-0.3, -0.25) is 4.99 Å². The normalized spacial score (nSPS) is 18.1. The van der Waals surface area contributed by atoms with E-state index in [2.05, 4.69) is 20.3 Å². The number of carbonyl (C=O) groups excluding carboxylic acids is 1. The van der Waals surface area contributed by atoms with Gasteiger partial charge in [0.05, 0.1) is 17.2 Å². The number of thiazole rings is 1. The number of nitrogens with one attached hydrogen (secondary N) is 1. The van der Waals surface area contributed by atoms with Gasteiger partial charge in [-0.15, -0.1) is 11.3 Å². The predicted molar refractivity (Wildman–Crippen MR) is 138 cm³/mol. The van der Waals surface area contributed by atoms with Crippen molar-refractivity contribution in [2.24, 2.45) is 10.9 Å². The highest BCUT2D eigenvalue weighted by Crippen LogP contribution is 2.41. The molecule has 39 heavy (non-hydrogen) atoms. The molecule has 1 atom stereocenters. The highest BCUT2D eigenvalue weighted by molar-refractivity contribution is 7.11. The monoisotopic (exact) mass is 577 g/mol. The number of allylic oxidation sites excluding steroid dienone is 1. The Balaban J connectivity index is 1.54. The van der Waals surface area contributed by atoms with Crippen LogP contribution in [0.15, 0.2) is 50.7 Å². The number of aromatic nitrogens is 2. The molecule has 0 amide bonds. The van der Waals surface area contributed by atoms with E-state index in [0.717, 1.165) is 12.3 Å². The number of oxazole rings is 1. The maximum absolute atomic E-state index is 14.5. The van der Waals surface area contributed by atoms with E-state index in [1.54, 1.807) is 18.5 Å². The topological polar surface area (TPSA) is 130 Å². The van der Waals surface area contributed by atoms with Gasteiger partial charge in [-0.25, -0.2) is 23.4 Å². The molecule has 0 aliphatic carbocycles. The fourth-order valence-electron chi connectivity index (χ4n) is 4.61. The molecule has 204 valence electrons. The molecule has 2 aromatic heterocycles. The number of carboxylic acid groups (broad SMARTS) is 1. The van der Waals surface area contributed by atoms with E-state index in [0.29, 0.717) is 42.5 Å². The van der Waals surface area contributed by atoms with Gasteiger partial charge in [0.15, 0.2) is 28.2 Å². The summed E-state index contributed by atoms with van der Waals surface area (Å²) in [6.45, 7) is 2.65. The minimum Gasteiger partial charge on any atom is -0.476 e. The molecule has 10 nitrogen and oxygen atoms in total. The van der Waals surface area contributed by atoms with Gasteiger partial charge in [0.1, 0.15) is 12.3 Å². The Morgan fingerprint density at radius 1 is 1.31 bits per heavy atom. The number of hydrogen-bond acceptors (Lipinski definition) is 10. The van der Waals surface area contributed by atoms with Crippen LogP contribution >= 0.6 is 22.9 Å². The number of aromatic carboxylic acids is 1. The van der Waals surface area contributed by atoms with Crippen molar-refractivity contribution in [1.82, 2.24) is 15.3 Å². The molecule has 4 heterocycles. The highest BCUT2D eigenvalue weighted by atomic mass is 35.5. The fraction of sp³-hybridized carbons (Fsp3) is 0.320. The molecule has 5 rings (SSSR count). The second kappa shape index (κ2) is 11.1. The van der Waals surface area contributed by atoms with E-state index in [9.17, 15) is 18.4 Å². The molecule has 1 saturated heterocycles. The van der Waals surface area contributed by atoms with Gasteiger partial charge in [-0.2, -0.15) is 4.98 Å². The van der Waals surface area contributed by atoms with Crippen molar-refractivity contribution >= 4 is 46.7 Å². The van der Waals surface area contributed by atoms with Crippen LogP contribution < -0.4 is 10.2 Å². The number of amidine groups is 1. The van der Waals surface area contributed by atoms with E-state index < -0.39 is 34.6 Å². The Morgan fingerprint density at radius 2 is 2.08 bits per heavy atom. The van der Waals surface area contributed by atoms with Crippen LogP contribution in [0.25, 0.3) is 0 Å². The highest BCUT2D eigenvalue weighted by Gasteiger charge is 2.38. The van der Waals surface area contributed by atoms with Crippen LogP contribution in [0.3, 0.4) is 0 Å². The number of carboxylic acids is 1. The molecule has 0 saturated carbocycles. The standard InChI is InChI=1S/C25H22ClF2N5O5S/c1-2-37-24(36)16-19(12-5-8-33(9-6-12)25-30-15(11-38-25)23(34)35)31-21(22-29-7-10-39-22)32-20(16)13-3-4-14(27)18(28)17(13)26/h3-4,7,10-12,20H,2,5-6,8-9H2,1H3,(H,31,32)(H,34,35). The number of benzene rings is 1. The number of esters is 1. The maximum Gasteiger partial charge on any atom is 0.357 e. The molecule has 2 aliphatic heterocycles. The first-order valence-corrected chi connectivity index (χ1v) is 13.3. The predicted octanol–water partition coefficient (Wildman–Crippen LogP) is 4.59. The van der Waals surface area contributed by atoms with Crippen LogP contribution in [0.5, 0.6) is 0 Å². The quantitative estimate of drug-likeness (QED) is 0.306. The number of carbonyl (C=O) groups is 2. The van der Waals surface area contributed by atoms with Crippen molar-refractivity contribution in [2.45, 2.75) is 25.8 Å². The number of hydrogen-bond donors (Lipinski definition) is 2. The molecule has 2 N–H and O–H groups in total. The Bertz CT molecular complexity index is 1470. The lowest BCUT2D eigenvalue weighted by Gasteiger charge is -2.36. The molecular formula is C25H22ClF2N5O5S. The Labute approximate surface area is 230 Å². The molecule has 1 fully saturated rings. The van der Waals surface area contributed by atoms with Gasteiger partial charge in [0.2, 0.25) is 0 Å². The Hall–Kier alpha value is -3.84.